The van der Waals surface area contributed by atoms with Gasteiger partial charge in [0.1, 0.15) is 0 Å². The number of rotatable bonds is 3. The van der Waals surface area contributed by atoms with E-state index in [2.05, 4.69) is 74.8 Å². The topological polar surface area (TPSA) is 25.4 Å². The van der Waals surface area contributed by atoms with Crippen LogP contribution >= 0.6 is 0 Å². The zero-order valence-corrected chi connectivity index (χ0v) is 25.8. The van der Waals surface area contributed by atoms with Gasteiger partial charge in [-0.15, -0.1) is 0 Å². The Morgan fingerprint density at radius 1 is 1.00 bits per heavy atom. The smallest absolute Gasteiger partial charge is 0.0622 e. The van der Waals surface area contributed by atoms with Crippen molar-refractivity contribution in [3.05, 3.63) is 48.3 Å². The lowest BCUT2D eigenvalue weighted by molar-refractivity contribution is -0.122. The molecule has 4 fully saturated rings. The molecule has 4 aliphatic carbocycles. The van der Waals surface area contributed by atoms with Crippen LogP contribution in [0.4, 0.5) is 0 Å². The number of pyridine rings is 1. The van der Waals surface area contributed by atoms with E-state index in [4.69, 9.17) is 4.74 Å². The molecule has 7 rings (SSSR count). The molecule has 3 saturated carbocycles. The van der Waals surface area contributed by atoms with E-state index in [-0.39, 0.29) is 0 Å². The Morgan fingerprint density at radius 2 is 1.88 bits per heavy atom. The largest absolute Gasteiger partial charge is 0.378 e. The molecule has 1 unspecified atom stereocenters. The summed E-state index contributed by atoms with van der Waals surface area (Å²) in [7, 11) is 0. The van der Waals surface area contributed by atoms with Crippen molar-refractivity contribution in [1.82, 2.24) is 9.88 Å². The zero-order valence-electron chi connectivity index (χ0n) is 25.8. The molecule has 1 aromatic carbocycles. The van der Waals surface area contributed by atoms with E-state index < -0.39 is 0 Å². The van der Waals surface area contributed by atoms with Gasteiger partial charge in [-0.3, -0.25) is 9.88 Å². The van der Waals surface area contributed by atoms with Crippen LogP contribution in [0.1, 0.15) is 98.0 Å². The molecule has 3 heteroatoms. The molecule has 216 valence electrons. The number of morpholine rings is 1. The van der Waals surface area contributed by atoms with Gasteiger partial charge in [-0.1, -0.05) is 52.8 Å². The molecule has 0 N–H and O–H groups in total. The highest BCUT2D eigenvalue weighted by atomic mass is 16.5. The fourth-order valence-electron chi connectivity index (χ4n) is 10.8. The number of nitrogens with zero attached hydrogens (tertiary/aromatic N) is 2. The van der Waals surface area contributed by atoms with E-state index >= 15 is 0 Å². The predicted molar refractivity (Wildman–Crippen MR) is 166 cm³/mol. The summed E-state index contributed by atoms with van der Waals surface area (Å²) >= 11 is 0. The van der Waals surface area contributed by atoms with Gasteiger partial charge < -0.3 is 4.74 Å². The molecule has 1 saturated heterocycles. The van der Waals surface area contributed by atoms with E-state index in [1.165, 1.54) is 74.1 Å². The summed E-state index contributed by atoms with van der Waals surface area (Å²) in [6.07, 6.45) is 19.1. The first kappa shape index (κ1) is 27.1. The quantitative estimate of drug-likeness (QED) is 0.389. The van der Waals surface area contributed by atoms with Crippen LogP contribution in [0, 0.1) is 39.9 Å². The number of aromatic nitrogens is 1. The van der Waals surface area contributed by atoms with Crippen molar-refractivity contribution in [2.75, 3.05) is 19.8 Å². The number of allylic oxidation sites excluding steroid dienone is 2. The first-order valence-corrected chi connectivity index (χ1v) is 16.5. The van der Waals surface area contributed by atoms with Gasteiger partial charge >= 0.3 is 0 Å². The van der Waals surface area contributed by atoms with Crippen molar-refractivity contribution in [2.45, 2.75) is 104 Å². The van der Waals surface area contributed by atoms with Crippen molar-refractivity contribution >= 4 is 16.3 Å². The SMILES string of the molecule is CC(C)(C)CC1COCCN1[C@@H]1CC[C@@]2(C)[C@@H](CC[C@@H]3[C@@H]2CC[C@]2(C)C(c4ccc5ccncc5c4)=CC[C@@H]32)C1. The predicted octanol–water partition coefficient (Wildman–Crippen LogP) is 8.78. The summed E-state index contributed by atoms with van der Waals surface area (Å²) in [5.74, 6) is 3.52. The summed E-state index contributed by atoms with van der Waals surface area (Å²) in [6, 6.07) is 10.6. The fourth-order valence-corrected chi connectivity index (χ4v) is 10.8. The normalized spacial score (nSPS) is 40.3. The minimum atomic E-state index is 0.325. The number of ether oxygens (including phenoxy) is 1. The fraction of sp³-hybridized carbons (Fsp3) is 0.703. The van der Waals surface area contributed by atoms with E-state index in [0.29, 0.717) is 22.3 Å². The monoisotopic (exact) mass is 540 g/mol. The zero-order chi connectivity index (χ0) is 27.7. The minimum Gasteiger partial charge on any atom is -0.378 e. The summed E-state index contributed by atoms with van der Waals surface area (Å²) < 4.78 is 6.01. The van der Waals surface area contributed by atoms with Crippen LogP contribution in [-0.4, -0.2) is 41.7 Å². The first-order valence-electron chi connectivity index (χ1n) is 16.5. The highest BCUT2D eigenvalue weighted by Crippen LogP contribution is 2.67. The van der Waals surface area contributed by atoms with E-state index in [1.807, 2.05) is 12.4 Å². The van der Waals surface area contributed by atoms with Crippen LogP contribution in [0.5, 0.6) is 0 Å². The Balaban J connectivity index is 1.08. The molecule has 1 aliphatic heterocycles. The second kappa shape index (κ2) is 9.94. The average molecular weight is 541 g/mol. The average Bonchev–Trinajstić information content (AvgIpc) is 3.29. The maximum absolute atomic E-state index is 6.01. The second-order valence-corrected chi connectivity index (χ2v) is 16.1. The summed E-state index contributed by atoms with van der Waals surface area (Å²) in [5.41, 5.74) is 4.29. The highest BCUT2D eigenvalue weighted by Gasteiger charge is 2.59. The van der Waals surface area contributed by atoms with Crippen molar-refractivity contribution < 1.29 is 4.74 Å². The van der Waals surface area contributed by atoms with Gasteiger partial charge in [0.25, 0.3) is 0 Å². The van der Waals surface area contributed by atoms with E-state index in [1.54, 1.807) is 5.57 Å². The van der Waals surface area contributed by atoms with E-state index in [0.717, 1.165) is 49.5 Å². The summed E-state index contributed by atoms with van der Waals surface area (Å²) in [5, 5.41) is 2.57. The van der Waals surface area contributed by atoms with Crippen LogP contribution in [0.3, 0.4) is 0 Å². The molecule has 2 heterocycles. The molecule has 40 heavy (non-hydrogen) atoms. The minimum absolute atomic E-state index is 0.325. The summed E-state index contributed by atoms with van der Waals surface area (Å²) in [6.45, 7) is 15.6. The molecule has 0 spiro atoms. The maximum atomic E-state index is 6.01. The third kappa shape index (κ3) is 4.49. The van der Waals surface area contributed by atoms with Gasteiger partial charge in [-0.05, 0) is 126 Å². The van der Waals surface area contributed by atoms with Gasteiger partial charge in [-0.2, -0.15) is 0 Å². The maximum Gasteiger partial charge on any atom is 0.0622 e. The first-order chi connectivity index (χ1) is 19.2. The molecular formula is C37H52N2O. The number of hydrogen-bond acceptors (Lipinski definition) is 3. The molecule has 0 radical (unpaired) electrons. The Hall–Kier alpha value is -1.71. The lowest BCUT2D eigenvalue weighted by Crippen LogP contribution is -2.58. The van der Waals surface area contributed by atoms with Gasteiger partial charge in [0.05, 0.1) is 13.2 Å². The number of hydrogen-bond donors (Lipinski definition) is 0. The molecule has 0 bridgehead atoms. The standard InChI is InChI=1S/C37H52N2O/c1-35(2,3)22-30-24-40-19-18-39(30)29-12-15-36(4)28(21-29)8-9-31-33-11-10-32(37(33,5)16-13-34(31)36)26-7-6-25-14-17-38-23-27(25)20-26/h6-7,10,14,17,20,23,28-31,33-34H,8-9,11-13,15-16,18-19,21-22,24H2,1-5H3/t28-,29+,30?,31-,33-,34-,36-,37+/m0/s1. The number of benzene rings is 1. The lowest BCUT2D eigenvalue weighted by Gasteiger charge is -2.62. The second-order valence-electron chi connectivity index (χ2n) is 16.1. The van der Waals surface area contributed by atoms with Crippen molar-refractivity contribution in [2.24, 2.45) is 39.9 Å². The Kier molecular flexibility index (Phi) is 6.74. The van der Waals surface area contributed by atoms with Crippen LogP contribution in [0.15, 0.2) is 42.7 Å². The third-order valence-electron chi connectivity index (χ3n) is 12.8. The van der Waals surface area contributed by atoms with Gasteiger partial charge in [0.15, 0.2) is 0 Å². The highest BCUT2D eigenvalue weighted by molar-refractivity contribution is 5.86. The van der Waals surface area contributed by atoms with Crippen LogP contribution < -0.4 is 0 Å². The van der Waals surface area contributed by atoms with Gasteiger partial charge in [-0.25, -0.2) is 0 Å². The Morgan fingerprint density at radius 3 is 2.73 bits per heavy atom. The molecule has 5 aliphatic rings. The molecular weight excluding hydrogens is 488 g/mol. The number of fused-ring (bicyclic) bond motifs is 6. The molecule has 8 atom stereocenters. The van der Waals surface area contributed by atoms with Crippen LogP contribution in [0.25, 0.3) is 16.3 Å². The summed E-state index contributed by atoms with van der Waals surface area (Å²) in [4.78, 5) is 7.31. The van der Waals surface area contributed by atoms with Gasteiger partial charge in [0, 0.05) is 36.4 Å². The van der Waals surface area contributed by atoms with Crippen molar-refractivity contribution in [3.8, 4) is 0 Å². The van der Waals surface area contributed by atoms with E-state index in [9.17, 15) is 0 Å². The van der Waals surface area contributed by atoms with Crippen molar-refractivity contribution in [1.29, 1.82) is 0 Å². The Bertz CT molecular complexity index is 1280. The molecule has 3 nitrogen and oxygen atoms in total. The van der Waals surface area contributed by atoms with Gasteiger partial charge in [0.2, 0.25) is 0 Å². The molecule has 0 amide bonds. The van der Waals surface area contributed by atoms with Crippen LogP contribution in [0.2, 0.25) is 0 Å². The molecule has 2 aromatic rings. The van der Waals surface area contributed by atoms with Crippen molar-refractivity contribution in [3.63, 3.8) is 0 Å². The van der Waals surface area contributed by atoms with Crippen LogP contribution in [-0.2, 0) is 4.74 Å². The third-order valence-corrected chi connectivity index (χ3v) is 12.8. The Labute approximate surface area is 243 Å². The lowest BCUT2D eigenvalue weighted by atomic mass is 9.44. The molecule has 1 aromatic heterocycles.